The molecule has 0 aromatic carbocycles. The minimum Gasteiger partial charge on any atom is -0.379 e. The van der Waals surface area contributed by atoms with Gasteiger partial charge in [0.2, 0.25) is 0 Å². The number of hydrogen-bond acceptors (Lipinski definition) is 5. The number of aliphatic imine (C=N–C) groups is 1. The van der Waals surface area contributed by atoms with Gasteiger partial charge in [0.05, 0.1) is 13.2 Å². The van der Waals surface area contributed by atoms with Gasteiger partial charge in [0.15, 0.2) is 11.8 Å². The van der Waals surface area contributed by atoms with E-state index in [4.69, 9.17) is 9.73 Å². The highest BCUT2D eigenvalue weighted by Crippen LogP contribution is 2.42. The van der Waals surface area contributed by atoms with Gasteiger partial charge in [-0.1, -0.05) is 25.7 Å². The van der Waals surface area contributed by atoms with E-state index >= 15 is 0 Å². The molecule has 0 atom stereocenters. The smallest absolute Gasteiger partial charge is 0.194 e. The number of nitrogens with zero attached hydrogens (tertiary/aromatic N) is 6. The summed E-state index contributed by atoms with van der Waals surface area (Å²) in [6.45, 7) is 10.8. The lowest BCUT2D eigenvalue weighted by Gasteiger charge is -2.44. The van der Waals surface area contributed by atoms with Crippen LogP contribution in [0.3, 0.4) is 0 Å². The van der Waals surface area contributed by atoms with E-state index in [2.05, 4.69) is 25.3 Å². The van der Waals surface area contributed by atoms with Crippen LogP contribution in [0.5, 0.6) is 0 Å². The fourth-order valence-corrected chi connectivity index (χ4v) is 5.60. The minimum atomic E-state index is 0.492. The van der Waals surface area contributed by atoms with Gasteiger partial charge in [-0.3, -0.25) is 4.90 Å². The number of hydrogen-bond donors (Lipinski definition) is 1. The molecule has 1 aromatic heterocycles. The molecule has 8 heteroatoms. The summed E-state index contributed by atoms with van der Waals surface area (Å²) >= 11 is 0. The molecule has 2 aliphatic heterocycles. The van der Waals surface area contributed by atoms with Crippen molar-refractivity contribution in [2.75, 3.05) is 52.5 Å². The van der Waals surface area contributed by atoms with Crippen LogP contribution in [0.15, 0.2) is 4.99 Å². The first-order valence-electron chi connectivity index (χ1n) is 12.8. The fourth-order valence-electron chi connectivity index (χ4n) is 5.60. The van der Waals surface area contributed by atoms with Gasteiger partial charge < -0.3 is 19.5 Å². The second-order valence-corrected chi connectivity index (χ2v) is 10.0. The first-order valence-corrected chi connectivity index (χ1v) is 12.8. The highest BCUT2D eigenvalue weighted by molar-refractivity contribution is 5.80. The Kier molecular flexibility index (Phi) is 8.41. The number of nitrogens with one attached hydrogen (secondary N) is 1. The van der Waals surface area contributed by atoms with Gasteiger partial charge in [-0.25, -0.2) is 4.99 Å². The summed E-state index contributed by atoms with van der Waals surface area (Å²) in [5, 5.41) is 12.3. The predicted octanol–water partition coefficient (Wildman–Crippen LogP) is 2.73. The molecule has 1 N–H and O–H groups in total. The van der Waals surface area contributed by atoms with Crippen LogP contribution >= 0.6 is 0 Å². The third-order valence-electron chi connectivity index (χ3n) is 7.72. The normalized spacial score (nSPS) is 22.8. The number of aryl methyl sites for hydroxylation is 1. The highest BCUT2D eigenvalue weighted by atomic mass is 16.5. The molecule has 0 radical (unpaired) electrons. The number of likely N-dealkylation sites (tertiary alicyclic amines) is 1. The maximum atomic E-state index is 5.48. The number of aromatic nitrogens is 3. The van der Waals surface area contributed by atoms with Crippen molar-refractivity contribution in [3.63, 3.8) is 0 Å². The molecule has 4 rings (SSSR count). The molecule has 1 aromatic rings. The Labute approximate surface area is 193 Å². The van der Waals surface area contributed by atoms with E-state index in [1.54, 1.807) is 0 Å². The monoisotopic (exact) mass is 445 g/mol. The van der Waals surface area contributed by atoms with E-state index in [9.17, 15) is 0 Å². The van der Waals surface area contributed by atoms with Crippen LogP contribution in [-0.4, -0.2) is 83.0 Å². The number of guanidine groups is 1. The molecule has 3 fully saturated rings. The van der Waals surface area contributed by atoms with Crippen molar-refractivity contribution in [3.05, 3.63) is 11.6 Å². The van der Waals surface area contributed by atoms with Crippen LogP contribution in [0.4, 0.5) is 0 Å². The molecule has 3 aliphatic rings. The van der Waals surface area contributed by atoms with E-state index in [0.29, 0.717) is 12.0 Å². The van der Waals surface area contributed by atoms with Crippen LogP contribution in [0.1, 0.15) is 69.4 Å². The first-order chi connectivity index (χ1) is 15.7. The summed E-state index contributed by atoms with van der Waals surface area (Å²) in [4.78, 5) is 10.1. The number of ether oxygens (including phenoxy) is 1. The largest absolute Gasteiger partial charge is 0.379 e. The summed E-state index contributed by atoms with van der Waals surface area (Å²) in [6.07, 6.45) is 12.2. The molecule has 0 amide bonds. The topological polar surface area (TPSA) is 70.8 Å². The summed E-state index contributed by atoms with van der Waals surface area (Å²) in [7, 11) is 2.02. The van der Waals surface area contributed by atoms with Gasteiger partial charge in [-0.05, 0) is 51.0 Å². The van der Waals surface area contributed by atoms with Gasteiger partial charge in [0, 0.05) is 39.8 Å². The maximum absolute atomic E-state index is 5.48. The summed E-state index contributed by atoms with van der Waals surface area (Å²) in [6, 6.07) is 0. The zero-order chi connectivity index (χ0) is 22.2. The van der Waals surface area contributed by atoms with Crippen molar-refractivity contribution in [1.82, 2.24) is 29.9 Å². The fraction of sp³-hybridized carbons (Fsp3) is 0.875. The molecule has 1 spiro atoms. The summed E-state index contributed by atoms with van der Waals surface area (Å²) in [5.74, 6) is 2.93. The third kappa shape index (κ3) is 6.22. The van der Waals surface area contributed by atoms with Crippen LogP contribution < -0.4 is 5.32 Å². The Hall–Kier alpha value is -1.67. The summed E-state index contributed by atoms with van der Waals surface area (Å²) < 4.78 is 7.52. The Balaban J connectivity index is 1.39. The molecule has 8 nitrogen and oxygen atoms in total. The molecule has 1 saturated carbocycles. The number of rotatable bonds is 6. The lowest BCUT2D eigenvalue weighted by molar-refractivity contribution is 0.0375. The Morgan fingerprint density at radius 2 is 1.78 bits per heavy atom. The van der Waals surface area contributed by atoms with E-state index in [-0.39, 0.29) is 0 Å². The van der Waals surface area contributed by atoms with Crippen molar-refractivity contribution in [3.8, 4) is 0 Å². The van der Waals surface area contributed by atoms with Crippen molar-refractivity contribution in [2.24, 2.45) is 17.5 Å². The highest BCUT2D eigenvalue weighted by Gasteiger charge is 2.36. The van der Waals surface area contributed by atoms with E-state index in [0.717, 1.165) is 76.5 Å². The molecule has 32 heavy (non-hydrogen) atoms. The van der Waals surface area contributed by atoms with Crippen molar-refractivity contribution < 1.29 is 4.74 Å². The van der Waals surface area contributed by atoms with E-state index < -0.39 is 0 Å². The van der Waals surface area contributed by atoms with Crippen LogP contribution in [0.25, 0.3) is 0 Å². The van der Waals surface area contributed by atoms with Gasteiger partial charge in [0.25, 0.3) is 0 Å². The third-order valence-corrected chi connectivity index (χ3v) is 7.72. The van der Waals surface area contributed by atoms with E-state index in [1.165, 1.54) is 51.4 Å². The maximum Gasteiger partial charge on any atom is 0.194 e. The number of piperidine rings is 1. The molecule has 0 bridgehead atoms. The first kappa shape index (κ1) is 23.5. The second-order valence-electron chi connectivity index (χ2n) is 10.0. The quantitative estimate of drug-likeness (QED) is 0.412. The lowest BCUT2D eigenvalue weighted by Crippen LogP contribution is -2.51. The average Bonchev–Trinajstić information content (AvgIpc) is 2.99. The molecular weight excluding hydrogens is 402 g/mol. The SMILES string of the molecule is Cc1nnc(CN=C(NCCCN2CCOCC2)N2CCCC3(CCCCCC3)C2)n1C. The van der Waals surface area contributed by atoms with Gasteiger partial charge in [0.1, 0.15) is 12.4 Å². The molecule has 1 aliphatic carbocycles. The van der Waals surface area contributed by atoms with Crippen LogP contribution in [0.2, 0.25) is 0 Å². The molecule has 3 heterocycles. The zero-order valence-electron chi connectivity index (χ0n) is 20.3. The lowest BCUT2D eigenvalue weighted by atomic mass is 9.74. The summed E-state index contributed by atoms with van der Waals surface area (Å²) in [5.41, 5.74) is 0.492. The van der Waals surface area contributed by atoms with E-state index in [1.807, 2.05) is 18.5 Å². The van der Waals surface area contributed by atoms with Gasteiger partial charge in [-0.2, -0.15) is 0 Å². The molecule has 0 unspecified atom stereocenters. The second kappa shape index (κ2) is 11.5. The van der Waals surface area contributed by atoms with Gasteiger partial charge in [-0.15, -0.1) is 10.2 Å². The molecular formula is C24H43N7O. The Morgan fingerprint density at radius 3 is 2.50 bits per heavy atom. The predicted molar refractivity (Wildman–Crippen MR) is 128 cm³/mol. The van der Waals surface area contributed by atoms with Crippen molar-refractivity contribution in [1.29, 1.82) is 0 Å². The zero-order valence-corrected chi connectivity index (χ0v) is 20.3. The number of morpholine rings is 1. The van der Waals surface area contributed by atoms with Crippen LogP contribution in [0, 0.1) is 12.3 Å². The average molecular weight is 446 g/mol. The Bertz CT molecular complexity index is 733. The minimum absolute atomic E-state index is 0.492. The molecule has 2 saturated heterocycles. The standard InChI is InChI=1S/C24H43N7O/c1-21-27-28-22(29(21)2)19-26-23(25-12-8-13-30-15-17-32-18-16-30)31-14-7-11-24(20-31)9-5-3-4-6-10-24/h3-20H2,1-2H3,(H,25,26). The molecule has 180 valence electrons. The Morgan fingerprint density at radius 1 is 1.03 bits per heavy atom. The van der Waals surface area contributed by atoms with Crippen molar-refractivity contribution >= 4 is 5.96 Å². The van der Waals surface area contributed by atoms with Crippen molar-refractivity contribution in [2.45, 2.75) is 71.3 Å². The van der Waals surface area contributed by atoms with Crippen LogP contribution in [-0.2, 0) is 18.3 Å². The van der Waals surface area contributed by atoms with Gasteiger partial charge >= 0.3 is 0 Å².